The molecule has 0 aliphatic carbocycles. The number of aliphatic hydroxyl groups excluding tert-OH is 1. The Morgan fingerprint density at radius 3 is 1.89 bits per heavy atom. The summed E-state index contributed by atoms with van der Waals surface area (Å²) in [4.78, 5) is 1.18. The molecule has 0 amide bonds. The van der Waals surface area contributed by atoms with Crippen LogP contribution in [-0.2, 0) is 18.9 Å². The van der Waals surface area contributed by atoms with Gasteiger partial charge in [-0.3, -0.25) is 0 Å². The molecule has 0 saturated heterocycles. The van der Waals surface area contributed by atoms with Gasteiger partial charge in [0.1, 0.15) is 23.1 Å². The Kier molecular flexibility index (Phi) is 9.33. The van der Waals surface area contributed by atoms with Crippen LogP contribution in [0.5, 0.6) is 17.2 Å². The zero-order valence-corrected chi connectivity index (χ0v) is 22.1. The molecular formula is C30H21F10NO3. The van der Waals surface area contributed by atoms with Crippen molar-refractivity contribution in [1.29, 1.82) is 0 Å². The third-order valence-corrected chi connectivity index (χ3v) is 6.29. The topological polar surface area (TPSA) is 41.9 Å². The first kappa shape index (κ1) is 32.5. The average molecular weight is 633 g/mol. The highest BCUT2D eigenvalue weighted by molar-refractivity contribution is 5.54. The number of halogens is 10. The molecule has 0 fully saturated rings. The van der Waals surface area contributed by atoms with Crippen LogP contribution in [0.15, 0.2) is 91.0 Å². The lowest BCUT2D eigenvalue weighted by Gasteiger charge is -2.34. The maximum absolute atomic E-state index is 14.8. The van der Waals surface area contributed by atoms with Crippen molar-refractivity contribution in [2.45, 2.75) is 31.3 Å². The van der Waals surface area contributed by atoms with Gasteiger partial charge in [0.2, 0.25) is 0 Å². The Balaban J connectivity index is 1.77. The van der Waals surface area contributed by atoms with E-state index in [2.05, 4.69) is 4.74 Å². The lowest BCUT2D eigenvalue weighted by atomic mass is 10.0. The van der Waals surface area contributed by atoms with E-state index in [1.54, 1.807) is 0 Å². The van der Waals surface area contributed by atoms with Crippen LogP contribution in [0.25, 0.3) is 0 Å². The number of alkyl halides is 9. The van der Waals surface area contributed by atoms with Crippen LogP contribution in [-0.4, -0.2) is 18.1 Å². The predicted molar refractivity (Wildman–Crippen MR) is 138 cm³/mol. The Morgan fingerprint density at radius 2 is 1.25 bits per heavy atom. The molecule has 0 saturated carbocycles. The summed E-state index contributed by atoms with van der Waals surface area (Å²) in [5.41, 5.74) is -2.73. The average Bonchev–Trinajstić information content (AvgIpc) is 2.92. The first-order valence-electron chi connectivity index (χ1n) is 12.6. The number of rotatable bonds is 9. The summed E-state index contributed by atoms with van der Waals surface area (Å²) < 4.78 is 143. The van der Waals surface area contributed by atoms with E-state index < -0.39 is 66.2 Å². The fraction of sp³-hybridized carbons (Fsp3) is 0.200. The van der Waals surface area contributed by atoms with E-state index in [1.807, 2.05) is 0 Å². The van der Waals surface area contributed by atoms with Gasteiger partial charge in [-0.2, -0.15) is 26.3 Å². The second-order valence-corrected chi connectivity index (χ2v) is 9.38. The quantitative estimate of drug-likeness (QED) is 0.187. The molecule has 0 heterocycles. The van der Waals surface area contributed by atoms with E-state index in [9.17, 15) is 49.0 Å². The van der Waals surface area contributed by atoms with Gasteiger partial charge < -0.3 is 19.5 Å². The van der Waals surface area contributed by atoms with Crippen LogP contribution >= 0.6 is 0 Å². The Bertz CT molecular complexity index is 1580. The minimum Gasteiger partial charge on any atom is -0.457 e. The molecule has 4 nitrogen and oxygen atoms in total. The number of hydrogen-bond acceptors (Lipinski definition) is 4. The summed E-state index contributed by atoms with van der Waals surface area (Å²) in [6, 6.07) is 14.2. The van der Waals surface area contributed by atoms with Gasteiger partial charge in [0, 0.05) is 29.9 Å². The molecule has 4 aromatic rings. The van der Waals surface area contributed by atoms with Crippen molar-refractivity contribution >= 4 is 5.69 Å². The third-order valence-electron chi connectivity index (χ3n) is 6.29. The smallest absolute Gasteiger partial charge is 0.457 e. The highest BCUT2D eigenvalue weighted by Gasteiger charge is 2.34. The van der Waals surface area contributed by atoms with Crippen LogP contribution in [0.2, 0.25) is 0 Å². The second-order valence-electron chi connectivity index (χ2n) is 9.38. The van der Waals surface area contributed by atoms with Gasteiger partial charge in [0.25, 0.3) is 0 Å². The van der Waals surface area contributed by atoms with Crippen molar-refractivity contribution in [2.75, 3.05) is 11.5 Å². The van der Waals surface area contributed by atoms with Crippen LogP contribution < -0.4 is 14.4 Å². The Morgan fingerprint density at radius 1 is 0.659 bits per heavy atom. The van der Waals surface area contributed by atoms with Crippen LogP contribution in [0.4, 0.5) is 49.6 Å². The number of aliphatic hydroxyl groups is 1. The molecule has 14 heteroatoms. The van der Waals surface area contributed by atoms with Gasteiger partial charge in [0.05, 0.1) is 23.8 Å². The molecule has 0 aromatic heterocycles. The molecular weight excluding hydrogens is 612 g/mol. The summed E-state index contributed by atoms with van der Waals surface area (Å²) >= 11 is 0. The summed E-state index contributed by atoms with van der Waals surface area (Å²) in [6.45, 7) is -1.49. The fourth-order valence-electron chi connectivity index (χ4n) is 4.34. The first-order chi connectivity index (χ1) is 20.5. The number of hydrogen-bond donors (Lipinski definition) is 1. The van der Waals surface area contributed by atoms with Crippen LogP contribution in [0.1, 0.15) is 28.3 Å². The van der Waals surface area contributed by atoms with Crippen molar-refractivity contribution < 1.29 is 58.5 Å². The van der Waals surface area contributed by atoms with Gasteiger partial charge >= 0.3 is 18.7 Å². The van der Waals surface area contributed by atoms with Gasteiger partial charge in [-0.15, -0.1) is 13.2 Å². The lowest BCUT2D eigenvalue weighted by Crippen LogP contribution is -2.31. The maximum atomic E-state index is 14.8. The summed E-state index contributed by atoms with van der Waals surface area (Å²) in [6.07, 6.45) is -14.6. The minimum atomic E-state index is -4.97. The molecule has 0 bridgehead atoms. The highest BCUT2D eigenvalue weighted by Crippen LogP contribution is 2.38. The highest BCUT2D eigenvalue weighted by atomic mass is 19.4. The van der Waals surface area contributed by atoms with Crippen molar-refractivity contribution in [2.24, 2.45) is 0 Å². The van der Waals surface area contributed by atoms with E-state index in [-0.39, 0.29) is 22.7 Å². The van der Waals surface area contributed by atoms with Gasteiger partial charge in [-0.1, -0.05) is 24.3 Å². The predicted octanol–water partition coefficient (Wildman–Crippen LogP) is 9.29. The zero-order valence-electron chi connectivity index (χ0n) is 22.1. The molecule has 0 spiro atoms. The largest absolute Gasteiger partial charge is 0.573 e. The summed E-state index contributed by atoms with van der Waals surface area (Å²) in [7, 11) is 0. The van der Waals surface area contributed by atoms with E-state index in [1.165, 1.54) is 47.4 Å². The second kappa shape index (κ2) is 12.6. The molecule has 1 atom stereocenters. The number of benzene rings is 4. The number of ether oxygens (including phenoxy) is 2. The first-order valence-corrected chi connectivity index (χ1v) is 12.6. The van der Waals surface area contributed by atoms with Crippen molar-refractivity contribution in [1.82, 2.24) is 0 Å². The Hall–Kier alpha value is -4.46. The molecule has 4 rings (SSSR count). The van der Waals surface area contributed by atoms with Crippen LogP contribution in [0.3, 0.4) is 0 Å². The van der Waals surface area contributed by atoms with E-state index in [4.69, 9.17) is 4.74 Å². The normalized spacial score (nSPS) is 13.0. The monoisotopic (exact) mass is 633 g/mol. The molecule has 0 aliphatic heterocycles. The molecule has 44 heavy (non-hydrogen) atoms. The number of anilines is 1. The van der Waals surface area contributed by atoms with Gasteiger partial charge in [-0.25, -0.2) is 4.39 Å². The molecule has 0 aliphatic rings. The molecule has 1 N–H and O–H groups in total. The fourth-order valence-corrected chi connectivity index (χ4v) is 4.34. The molecule has 1 unspecified atom stereocenters. The van der Waals surface area contributed by atoms with Gasteiger partial charge in [-0.05, 0) is 60.2 Å². The minimum absolute atomic E-state index is 0.0121. The SMILES string of the molecule is OCC(c1cccc(C(F)(F)F)c1)N(Cc1cc(C(F)(F)F)ccc1F)c1cccc(Oc2cccc(OC(F)(F)F)c2)c1. The molecule has 0 radical (unpaired) electrons. The van der Waals surface area contributed by atoms with Crippen molar-refractivity contribution in [3.63, 3.8) is 0 Å². The molecule has 4 aromatic carbocycles. The third kappa shape index (κ3) is 8.34. The van der Waals surface area contributed by atoms with Crippen molar-refractivity contribution in [3.8, 4) is 17.2 Å². The summed E-state index contributed by atoms with van der Waals surface area (Å²) in [5, 5.41) is 10.3. The van der Waals surface area contributed by atoms with E-state index in [0.717, 1.165) is 30.3 Å². The molecule has 234 valence electrons. The van der Waals surface area contributed by atoms with Crippen LogP contribution in [0, 0.1) is 5.82 Å². The summed E-state index contributed by atoms with van der Waals surface area (Å²) in [5.74, 6) is -1.74. The lowest BCUT2D eigenvalue weighted by molar-refractivity contribution is -0.274. The van der Waals surface area contributed by atoms with E-state index in [0.29, 0.717) is 18.2 Å². The standard InChI is InChI=1S/C30H21F10NO3/c31-26-11-10-21(29(35,36)37)13-19(26)16-41(27(17-42)18-4-1-5-20(12-18)28(32,33)34)22-6-2-7-23(14-22)43-24-8-3-9-25(15-24)44-30(38,39)40/h1-15,27,42H,16-17H2. The van der Waals surface area contributed by atoms with Crippen molar-refractivity contribution in [3.05, 3.63) is 119 Å². The zero-order chi connectivity index (χ0) is 32.3. The Labute approximate surface area is 243 Å². The maximum Gasteiger partial charge on any atom is 0.573 e. The number of nitrogens with zero attached hydrogens (tertiary/aromatic N) is 1. The van der Waals surface area contributed by atoms with Gasteiger partial charge in [0.15, 0.2) is 0 Å². The van der Waals surface area contributed by atoms with E-state index >= 15 is 0 Å².